The predicted molar refractivity (Wildman–Crippen MR) is 125 cm³/mol. The molecule has 0 fully saturated rings. The van der Waals surface area contributed by atoms with E-state index < -0.39 is 15.9 Å². The van der Waals surface area contributed by atoms with E-state index in [0.717, 1.165) is 10.0 Å². The molecule has 1 N–H and O–H groups in total. The number of nitrogens with one attached hydrogen (secondary N) is 1. The second-order valence-electron chi connectivity index (χ2n) is 7.13. The first-order valence-corrected chi connectivity index (χ1v) is 12.3. The molecule has 170 valence electrons. The highest BCUT2D eigenvalue weighted by molar-refractivity contribution is 9.10. The number of amides is 1. The normalized spacial score (nSPS) is 11.6. The second kappa shape index (κ2) is 11.0. The third kappa shape index (κ3) is 6.21. The molecule has 0 aliphatic rings. The summed E-state index contributed by atoms with van der Waals surface area (Å²) in [7, 11) is -2.21. The summed E-state index contributed by atoms with van der Waals surface area (Å²) >= 11 is 3.45. The third-order valence-corrected chi connectivity index (χ3v) is 7.28. The summed E-state index contributed by atoms with van der Waals surface area (Å²) in [5.41, 5.74) is 1.25. The number of halogens is 1. The van der Waals surface area contributed by atoms with Gasteiger partial charge in [0.15, 0.2) is 6.61 Å². The molecule has 0 aliphatic carbocycles. The molecule has 31 heavy (non-hydrogen) atoms. The lowest BCUT2D eigenvalue weighted by molar-refractivity contribution is -0.118. The van der Waals surface area contributed by atoms with Gasteiger partial charge in [0.05, 0.1) is 17.7 Å². The van der Waals surface area contributed by atoms with E-state index in [1.807, 2.05) is 32.0 Å². The zero-order valence-corrected chi connectivity index (χ0v) is 20.8. The van der Waals surface area contributed by atoms with Crippen molar-refractivity contribution in [1.82, 2.24) is 4.31 Å². The number of rotatable bonds is 10. The van der Waals surface area contributed by atoms with E-state index in [4.69, 9.17) is 9.47 Å². The lowest BCUT2D eigenvalue weighted by Gasteiger charge is -2.20. The highest BCUT2D eigenvalue weighted by Crippen LogP contribution is 2.31. The SMILES string of the molecule is CCN(CC)S(=O)(=O)c1ccc(OC)c(NC(=O)COc2ccc(Br)cc2C(C)C)c1. The molecule has 7 nitrogen and oxygen atoms in total. The number of hydrogen-bond acceptors (Lipinski definition) is 5. The van der Waals surface area contributed by atoms with Gasteiger partial charge >= 0.3 is 0 Å². The van der Waals surface area contributed by atoms with Crippen LogP contribution in [0, 0.1) is 0 Å². The first kappa shape index (κ1) is 25.2. The Morgan fingerprint density at radius 1 is 1.10 bits per heavy atom. The maximum Gasteiger partial charge on any atom is 0.262 e. The van der Waals surface area contributed by atoms with Crippen LogP contribution < -0.4 is 14.8 Å². The first-order valence-electron chi connectivity index (χ1n) is 10.0. The fourth-order valence-corrected chi connectivity index (χ4v) is 4.95. The topological polar surface area (TPSA) is 84.9 Å². The molecular formula is C22H29BrN2O5S. The third-order valence-electron chi connectivity index (χ3n) is 4.74. The van der Waals surface area contributed by atoms with Crippen molar-refractivity contribution in [2.45, 2.75) is 38.5 Å². The smallest absolute Gasteiger partial charge is 0.262 e. The Kier molecular flexibility index (Phi) is 8.90. The Morgan fingerprint density at radius 3 is 2.32 bits per heavy atom. The Morgan fingerprint density at radius 2 is 1.74 bits per heavy atom. The van der Waals surface area contributed by atoms with Gasteiger partial charge in [-0.3, -0.25) is 4.79 Å². The summed E-state index contributed by atoms with van der Waals surface area (Å²) in [4.78, 5) is 12.6. The second-order valence-corrected chi connectivity index (χ2v) is 9.98. The molecule has 0 heterocycles. The Hall–Kier alpha value is -2.10. The van der Waals surface area contributed by atoms with Gasteiger partial charge in [0, 0.05) is 17.6 Å². The molecule has 2 aromatic carbocycles. The molecule has 2 rings (SSSR count). The van der Waals surface area contributed by atoms with E-state index >= 15 is 0 Å². The van der Waals surface area contributed by atoms with Crippen LogP contribution in [-0.4, -0.2) is 45.4 Å². The van der Waals surface area contributed by atoms with Gasteiger partial charge in [-0.15, -0.1) is 0 Å². The summed E-state index contributed by atoms with van der Waals surface area (Å²) in [5, 5.41) is 2.70. The Balaban J connectivity index is 2.21. The van der Waals surface area contributed by atoms with Crippen LogP contribution in [0.15, 0.2) is 45.8 Å². The zero-order chi connectivity index (χ0) is 23.2. The number of nitrogens with zero attached hydrogens (tertiary/aromatic N) is 1. The lowest BCUT2D eigenvalue weighted by atomic mass is 10.0. The van der Waals surface area contributed by atoms with Crippen molar-refractivity contribution >= 4 is 37.5 Å². The van der Waals surface area contributed by atoms with Crippen molar-refractivity contribution < 1.29 is 22.7 Å². The van der Waals surface area contributed by atoms with E-state index in [1.54, 1.807) is 13.8 Å². The van der Waals surface area contributed by atoms with E-state index in [1.165, 1.54) is 29.6 Å². The molecule has 0 aliphatic heterocycles. The van der Waals surface area contributed by atoms with Crippen LogP contribution in [-0.2, 0) is 14.8 Å². The molecule has 0 unspecified atom stereocenters. The minimum atomic E-state index is -3.67. The van der Waals surface area contributed by atoms with Crippen molar-refractivity contribution in [3.8, 4) is 11.5 Å². The maximum atomic E-state index is 12.8. The fourth-order valence-electron chi connectivity index (χ4n) is 3.09. The van der Waals surface area contributed by atoms with Gasteiger partial charge in [0.25, 0.3) is 5.91 Å². The maximum absolute atomic E-state index is 12.8. The molecule has 0 aromatic heterocycles. The lowest BCUT2D eigenvalue weighted by Crippen LogP contribution is -2.30. The average Bonchev–Trinajstić information content (AvgIpc) is 2.73. The number of ether oxygens (including phenoxy) is 2. The van der Waals surface area contributed by atoms with Crippen LogP contribution in [0.1, 0.15) is 39.2 Å². The first-order chi connectivity index (χ1) is 14.6. The summed E-state index contributed by atoms with van der Waals surface area (Å²) in [6.07, 6.45) is 0. The summed E-state index contributed by atoms with van der Waals surface area (Å²) in [6.45, 7) is 8.12. The van der Waals surface area contributed by atoms with Crippen LogP contribution in [0.25, 0.3) is 0 Å². The Bertz CT molecular complexity index is 1020. The number of benzene rings is 2. The zero-order valence-electron chi connectivity index (χ0n) is 18.4. The molecule has 2 aromatic rings. The van der Waals surface area contributed by atoms with Crippen LogP contribution in [0.3, 0.4) is 0 Å². The van der Waals surface area contributed by atoms with Crippen LogP contribution in [0.2, 0.25) is 0 Å². The summed E-state index contributed by atoms with van der Waals surface area (Å²) in [5.74, 6) is 0.780. The molecule has 0 spiro atoms. The minimum Gasteiger partial charge on any atom is -0.495 e. The van der Waals surface area contributed by atoms with Crippen LogP contribution >= 0.6 is 15.9 Å². The van der Waals surface area contributed by atoms with E-state index in [2.05, 4.69) is 21.2 Å². The number of methoxy groups -OCH3 is 1. The standard InChI is InChI=1S/C22H29BrN2O5S/c1-6-25(7-2)31(27,28)17-9-11-21(29-5)19(13-17)24-22(26)14-30-20-10-8-16(23)12-18(20)15(3)4/h8-13,15H,6-7,14H2,1-5H3,(H,24,26). The van der Waals surface area contributed by atoms with E-state index in [9.17, 15) is 13.2 Å². The molecular weight excluding hydrogens is 484 g/mol. The van der Waals surface area contributed by atoms with Gasteiger partial charge in [-0.25, -0.2) is 8.42 Å². The number of sulfonamides is 1. The molecule has 1 amide bonds. The Labute approximate surface area is 192 Å². The quantitative estimate of drug-likeness (QED) is 0.501. The largest absolute Gasteiger partial charge is 0.495 e. The van der Waals surface area contributed by atoms with E-state index in [0.29, 0.717) is 24.6 Å². The van der Waals surface area contributed by atoms with Crippen molar-refractivity contribution in [3.05, 3.63) is 46.4 Å². The highest BCUT2D eigenvalue weighted by atomic mass is 79.9. The predicted octanol–water partition coefficient (Wildman–Crippen LogP) is 4.63. The van der Waals surface area contributed by atoms with Gasteiger partial charge in [-0.1, -0.05) is 43.6 Å². The number of hydrogen-bond donors (Lipinski definition) is 1. The van der Waals surface area contributed by atoms with Crippen LogP contribution in [0.4, 0.5) is 5.69 Å². The monoisotopic (exact) mass is 512 g/mol. The summed E-state index contributed by atoms with van der Waals surface area (Å²) in [6, 6.07) is 10.0. The summed E-state index contributed by atoms with van der Waals surface area (Å²) < 4.78 is 38.9. The molecule has 9 heteroatoms. The van der Waals surface area contributed by atoms with Crippen molar-refractivity contribution in [1.29, 1.82) is 0 Å². The van der Waals surface area contributed by atoms with Crippen molar-refractivity contribution in [2.24, 2.45) is 0 Å². The van der Waals surface area contributed by atoms with Crippen molar-refractivity contribution in [2.75, 3.05) is 32.1 Å². The van der Waals surface area contributed by atoms with E-state index in [-0.39, 0.29) is 23.1 Å². The van der Waals surface area contributed by atoms with Gasteiger partial charge in [0.2, 0.25) is 10.0 Å². The van der Waals surface area contributed by atoms with Gasteiger partial charge in [-0.05, 0) is 47.9 Å². The van der Waals surface area contributed by atoms with Gasteiger partial charge in [-0.2, -0.15) is 4.31 Å². The van der Waals surface area contributed by atoms with Gasteiger partial charge < -0.3 is 14.8 Å². The molecule has 0 radical (unpaired) electrons. The fraction of sp³-hybridized carbons (Fsp3) is 0.409. The van der Waals surface area contributed by atoms with Crippen molar-refractivity contribution in [3.63, 3.8) is 0 Å². The average molecular weight is 513 g/mol. The number of carbonyl (C=O) groups excluding carboxylic acids is 1. The molecule has 0 atom stereocenters. The highest BCUT2D eigenvalue weighted by Gasteiger charge is 2.23. The number of anilines is 1. The molecule has 0 saturated carbocycles. The number of carbonyl (C=O) groups is 1. The molecule has 0 saturated heterocycles. The minimum absolute atomic E-state index is 0.0863. The van der Waals surface area contributed by atoms with Gasteiger partial charge in [0.1, 0.15) is 11.5 Å². The molecule has 0 bridgehead atoms. The van der Waals surface area contributed by atoms with Crippen LogP contribution in [0.5, 0.6) is 11.5 Å².